The van der Waals surface area contributed by atoms with E-state index in [-0.39, 0.29) is 0 Å². The predicted molar refractivity (Wildman–Crippen MR) is 83.9 cm³/mol. The van der Waals surface area contributed by atoms with Crippen molar-refractivity contribution in [3.05, 3.63) is 56.1 Å². The van der Waals surface area contributed by atoms with Gasteiger partial charge in [0, 0.05) is 11.8 Å². The molecular formula is C16H20N2O4. The highest BCUT2D eigenvalue weighted by Crippen LogP contribution is 2.28. The van der Waals surface area contributed by atoms with Crippen LogP contribution in [0.3, 0.4) is 0 Å². The monoisotopic (exact) mass is 304 g/mol. The lowest BCUT2D eigenvalue weighted by Crippen LogP contribution is -2.27. The zero-order valence-corrected chi connectivity index (χ0v) is 12.8. The van der Waals surface area contributed by atoms with E-state index in [1.807, 2.05) is 32.0 Å². The third-order valence-electron chi connectivity index (χ3n) is 3.16. The third kappa shape index (κ3) is 4.00. The van der Waals surface area contributed by atoms with Crippen LogP contribution in [0.15, 0.2) is 33.9 Å². The molecule has 2 aromatic rings. The Morgan fingerprint density at radius 1 is 0.909 bits per heavy atom. The number of H-pyrrole nitrogens is 2. The maximum absolute atomic E-state index is 11.3. The number of aryl methyl sites for hydroxylation is 2. The van der Waals surface area contributed by atoms with E-state index in [0.717, 1.165) is 17.1 Å². The first-order valence-corrected chi connectivity index (χ1v) is 7.33. The van der Waals surface area contributed by atoms with Gasteiger partial charge in [-0.3, -0.25) is 14.7 Å². The van der Waals surface area contributed by atoms with E-state index in [1.165, 1.54) is 6.07 Å². The van der Waals surface area contributed by atoms with Gasteiger partial charge in [-0.1, -0.05) is 6.07 Å². The van der Waals surface area contributed by atoms with Gasteiger partial charge in [0.15, 0.2) is 11.5 Å². The maximum Gasteiger partial charge on any atom is 0.310 e. The first-order valence-electron chi connectivity index (χ1n) is 7.33. The normalized spacial score (nSPS) is 10.5. The van der Waals surface area contributed by atoms with Gasteiger partial charge in [-0.2, -0.15) is 0 Å². The van der Waals surface area contributed by atoms with Crippen LogP contribution in [0.25, 0.3) is 0 Å². The number of aromatic nitrogens is 2. The molecule has 0 saturated heterocycles. The Hall–Kier alpha value is -2.50. The minimum absolute atomic E-state index is 0.532. The van der Waals surface area contributed by atoms with Gasteiger partial charge in [0.25, 0.3) is 0 Å². The molecule has 0 aliphatic heterocycles. The van der Waals surface area contributed by atoms with Crippen LogP contribution in [-0.2, 0) is 12.8 Å². The van der Waals surface area contributed by atoms with Crippen LogP contribution >= 0.6 is 0 Å². The van der Waals surface area contributed by atoms with Crippen molar-refractivity contribution in [2.45, 2.75) is 26.7 Å². The van der Waals surface area contributed by atoms with Crippen molar-refractivity contribution in [3.8, 4) is 11.5 Å². The average molecular weight is 304 g/mol. The van der Waals surface area contributed by atoms with Gasteiger partial charge < -0.3 is 14.6 Å². The lowest BCUT2D eigenvalue weighted by atomic mass is 10.1. The molecule has 0 saturated carbocycles. The van der Waals surface area contributed by atoms with Gasteiger partial charge in [0.05, 0.1) is 13.2 Å². The highest BCUT2D eigenvalue weighted by molar-refractivity contribution is 5.43. The van der Waals surface area contributed by atoms with Gasteiger partial charge in [-0.05, 0) is 44.4 Å². The highest BCUT2D eigenvalue weighted by atomic mass is 16.5. The number of hydrogen-bond acceptors (Lipinski definition) is 4. The molecule has 0 aliphatic rings. The van der Waals surface area contributed by atoms with Crippen LogP contribution in [0.1, 0.15) is 25.1 Å². The number of nitrogens with one attached hydrogen (secondary N) is 2. The van der Waals surface area contributed by atoms with Gasteiger partial charge in [0.1, 0.15) is 0 Å². The topological polar surface area (TPSA) is 84.2 Å². The second kappa shape index (κ2) is 7.49. The van der Waals surface area contributed by atoms with Gasteiger partial charge in [-0.25, -0.2) is 0 Å². The van der Waals surface area contributed by atoms with E-state index in [1.54, 1.807) is 0 Å². The molecule has 2 rings (SSSR count). The molecule has 1 heterocycles. The molecule has 0 radical (unpaired) electrons. The molecular weight excluding hydrogens is 284 g/mol. The standard InChI is InChI=1S/C16H20N2O4/c1-3-21-14-8-6-11(9-15(14)22-4-2)5-7-12-10-13(19)16(20)18-17-12/h6,8-10H,3-5,7H2,1-2H3,(H,17,19)(H,18,20). The summed E-state index contributed by atoms with van der Waals surface area (Å²) >= 11 is 0. The fourth-order valence-electron chi connectivity index (χ4n) is 2.12. The van der Waals surface area contributed by atoms with E-state index < -0.39 is 11.0 Å². The summed E-state index contributed by atoms with van der Waals surface area (Å²) in [6, 6.07) is 7.13. The molecule has 0 bridgehead atoms. The maximum atomic E-state index is 11.3. The number of benzene rings is 1. The van der Waals surface area contributed by atoms with Crippen molar-refractivity contribution in [3.63, 3.8) is 0 Å². The minimum Gasteiger partial charge on any atom is -0.490 e. The summed E-state index contributed by atoms with van der Waals surface area (Å²) in [5.41, 5.74) is 0.592. The summed E-state index contributed by atoms with van der Waals surface area (Å²) in [6.07, 6.45) is 1.33. The molecule has 0 atom stereocenters. The van der Waals surface area contributed by atoms with E-state index >= 15 is 0 Å². The zero-order valence-electron chi connectivity index (χ0n) is 12.8. The fourth-order valence-corrected chi connectivity index (χ4v) is 2.12. The van der Waals surface area contributed by atoms with Crippen LogP contribution in [0.4, 0.5) is 0 Å². The zero-order chi connectivity index (χ0) is 15.9. The van der Waals surface area contributed by atoms with Crippen LogP contribution < -0.4 is 20.5 Å². The first kappa shape index (κ1) is 15.9. The van der Waals surface area contributed by atoms with E-state index in [4.69, 9.17) is 9.47 Å². The van der Waals surface area contributed by atoms with Crippen molar-refractivity contribution in [2.24, 2.45) is 0 Å². The Balaban J connectivity index is 2.11. The van der Waals surface area contributed by atoms with Crippen LogP contribution in [0.5, 0.6) is 11.5 Å². The van der Waals surface area contributed by atoms with E-state index in [2.05, 4.69) is 10.2 Å². The summed E-state index contributed by atoms with van der Waals surface area (Å²) in [6.45, 7) is 5.00. The fraction of sp³-hybridized carbons (Fsp3) is 0.375. The van der Waals surface area contributed by atoms with E-state index in [0.29, 0.717) is 31.7 Å². The average Bonchev–Trinajstić information content (AvgIpc) is 2.51. The van der Waals surface area contributed by atoms with Gasteiger partial charge in [-0.15, -0.1) is 0 Å². The summed E-state index contributed by atoms with van der Waals surface area (Å²) in [4.78, 5) is 22.3. The van der Waals surface area contributed by atoms with Crippen molar-refractivity contribution in [2.75, 3.05) is 13.2 Å². The number of rotatable bonds is 7. The Labute approximate surface area is 128 Å². The van der Waals surface area contributed by atoms with Crippen LogP contribution in [-0.4, -0.2) is 23.4 Å². The molecule has 0 fully saturated rings. The van der Waals surface area contributed by atoms with Crippen molar-refractivity contribution in [1.82, 2.24) is 10.2 Å². The predicted octanol–water partition coefficient (Wildman–Crippen LogP) is 1.65. The molecule has 118 valence electrons. The smallest absolute Gasteiger partial charge is 0.310 e. The second-order valence-corrected chi connectivity index (χ2v) is 4.76. The number of ether oxygens (including phenoxy) is 2. The second-order valence-electron chi connectivity index (χ2n) is 4.76. The molecule has 22 heavy (non-hydrogen) atoms. The molecule has 2 N–H and O–H groups in total. The summed E-state index contributed by atoms with van der Waals surface area (Å²) in [7, 11) is 0. The first-order chi connectivity index (χ1) is 10.6. The molecule has 1 aromatic heterocycles. The molecule has 0 spiro atoms. The van der Waals surface area contributed by atoms with Gasteiger partial charge in [0.2, 0.25) is 5.43 Å². The summed E-state index contributed by atoms with van der Waals surface area (Å²) < 4.78 is 11.1. The number of hydrogen-bond donors (Lipinski definition) is 2. The van der Waals surface area contributed by atoms with Crippen molar-refractivity contribution in [1.29, 1.82) is 0 Å². The molecule has 1 aromatic carbocycles. The van der Waals surface area contributed by atoms with Crippen molar-refractivity contribution < 1.29 is 9.47 Å². The van der Waals surface area contributed by atoms with E-state index in [9.17, 15) is 9.59 Å². The molecule has 0 unspecified atom stereocenters. The van der Waals surface area contributed by atoms with Crippen LogP contribution in [0.2, 0.25) is 0 Å². The molecule has 6 heteroatoms. The van der Waals surface area contributed by atoms with Crippen LogP contribution in [0, 0.1) is 0 Å². The highest BCUT2D eigenvalue weighted by Gasteiger charge is 2.07. The Bertz CT molecular complexity index is 733. The number of aromatic amines is 2. The third-order valence-corrected chi connectivity index (χ3v) is 3.16. The summed E-state index contributed by atoms with van der Waals surface area (Å²) in [5, 5.41) is 5.05. The molecule has 6 nitrogen and oxygen atoms in total. The Kier molecular flexibility index (Phi) is 5.41. The van der Waals surface area contributed by atoms with Gasteiger partial charge >= 0.3 is 5.56 Å². The minimum atomic E-state index is -0.636. The largest absolute Gasteiger partial charge is 0.490 e. The summed E-state index contributed by atoms with van der Waals surface area (Å²) in [5.74, 6) is 1.45. The Morgan fingerprint density at radius 3 is 2.32 bits per heavy atom. The Morgan fingerprint density at radius 2 is 1.64 bits per heavy atom. The quantitative estimate of drug-likeness (QED) is 0.762. The SMILES string of the molecule is CCOc1ccc(CCc2cc(=O)c(=O)[nH][nH]2)cc1OCC. The molecule has 0 aliphatic carbocycles. The van der Waals surface area contributed by atoms with Crippen molar-refractivity contribution >= 4 is 0 Å². The lowest BCUT2D eigenvalue weighted by molar-refractivity contribution is 0.287. The molecule has 0 amide bonds. The lowest BCUT2D eigenvalue weighted by Gasteiger charge is -2.12.